The van der Waals surface area contributed by atoms with Crippen molar-refractivity contribution >= 4 is 33.2 Å². The predicted molar refractivity (Wildman–Crippen MR) is 154 cm³/mol. The van der Waals surface area contributed by atoms with Gasteiger partial charge in [0.15, 0.2) is 5.01 Å². The quantitative estimate of drug-likeness (QED) is 0.209. The van der Waals surface area contributed by atoms with Gasteiger partial charge >= 0.3 is 6.18 Å². The fourth-order valence-electron chi connectivity index (χ4n) is 6.52. The van der Waals surface area contributed by atoms with Crippen LogP contribution in [0.1, 0.15) is 45.2 Å². The van der Waals surface area contributed by atoms with Crippen molar-refractivity contribution in [1.82, 2.24) is 28.9 Å². The fraction of sp³-hybridized carbons (Fsp3) is 0.379. The molecule has 45 heavy (non-hydrogen) atoms. The maximum Gasteiger partial charge on any atom is 0.427 e. The number of allylic oxidation sites excluding steroid dienone is 1. The topological polar surface area (TPSA) is 112 Å². The zero-order valence-electron chi connectivity index (χ0n) is 23.7. The Labute approximate surface area is 259 Å². The molecule has 236 valence electrons. The van der Waals surface area contributed by atoms with Crippen molar-refractivity contribution < 1.29 is 35.5 Å². The molecule has 10 nitrogen and oxygen atoms in total. The minimum atomic E-state index is -4.67. The highest BCUT2D eigenvalue weighted by Crippen LogP contribution is 2.52. The zero-order chi connectivity index (χ0) is 31.7. The van der Waals surface area contributed by atoms with E-state index in [-0.39, 0.29) is 47.3 Å². The first-order chi connectivity index (χ1) is 21.4. The number of rotatable bonds is 7. The van der Waals surface area contributed by atoms with Crippen LogP contribution in [0.5, 0.6) is 0 Å². The van der Waals surface area contributed by atoms with E-state index in [0.29, 0.717) is 41.6 Å². The van der Waals surface area contributed by atoms with E-state index in [4.69, 9.17) is 4.74 Å². The second-order valence-electron chi connectivity index (χ2n) is 11.5. The van der Waals surface area contributed by atoms with E-state index in [1.807, 2.05) is 6.08 Å². The van der Waals surface area contributed by atoms with Crippen molar-refractivity contribution in [2.75, 3.05) is 13.2 Å². The number of benzene rings is 1. The molecule has 2 fully saturated rings. The van der Waals surface area contributed by atoms with Gasteiger partial charge in [0.2, 0.25) is 15.8 Å². The first-order valence-corrected chi connectivity index (χ1v) is 16.3. The van der Waals surface area contributed by atoms with Crippen LogP contribution in [0.15, 0.2) is 59.5 Å². The molecule has 1 aliphatic heterocycles. The molecule has 3 aliphatic rings. The summed E-state index contributed by atoms with van der Waals surface area (Å²) in [6.07, 6.45) is 2.82. The Balaban J connectivity index is 1.33. The molecule has 7 rings (SSSR count). The van der Waals surface area contributed by atoms with E-state index >= 15 is 0 Å². The second-order valence-corrected chi connectivity index (χ2v) is 14.4. The molecular formula is C29H26F4N6O4S2. The molecular weight excluding hydrogens is 636 g/mol. The summed E-state index contributed by atoms with van der Waals surface area (Å²) < 4.78 is 92.1. The Morgan fingerprint density at radius 3 is 2.49 bits per heavy atom. The van der Waals surface area contributed by atoms with Gasteiger partial charge in [-0.2, -0.15) is 27.7 Å². The van der Waals surface area contributed by atoms with E-state index in [9.17, 15) is 30.8 Å². The second kappa shape index (κ2) is 10.7. The number of carbonyl (C=O) groups is 1. The lowest BCUT2D eigenvalue weighted by molar-refractivity contribution is -0.134. The summed E-state index contributed by atoms with van der Waals surface area (Å²) in [7, 11) is -2.47. The highest BCUT2D eigenvalue weighted by atomic mass is 32.2. The molecule has 16 heteroatoms. The standard InChI is InChI=1S/C29H26F4N6O4S2/c1-37-14-23(12-35-37)45(41,42)39(22-15-43-16-22)21-5-2-18-8-24-17(11-36-38(24)20-6-3-19(30)4-7-20)9-28(18,10-21)26(40)27-34-13-25(44-27)29(31,32)33/h3-4,6-8,11-14,21-22H,2,5,9-10,15-16H2,1H3/t21-,28-/m0/s1. The Kier molecular flexibility index (Phi) is 7.11. The fourth-order valence-corrected chi connectivity index (χ4v) is 9.14. The van der Waals surface area contributed by atoms with Crippen molar-refractivity contribution in [3.63, 3.8) is 0 Å². The lowest BCUT2D eigenvalue weighted by Gasteiger charge is -2.49. The summed E-state index contributed by atoms with van der Waals surface area (Å²) >= 11 is 0.282. The van der Waals surface area contributed by atoms with Crippen molar-refractivity contribution in [3.8, 4) is 5.69 Å². The number of Topliss-reactive ketones (excluding diaryl/α,β-unsaturated/α-hetero) is 1. The number of aryl methyl sites for hydroxylation is 1. The summed E-state index contributed by atoms with van der Waals surface area (Å²) in [5, 5.41) is 8.22. The highest BCUT2D eigenvalue weighted by molar-refractivity contribution is 7.89. The molecule has 1 saturated carbocycles. The van der Waals surface area contributed by atoms with Gasteiger partial charge < -0.3 is 4.74 Å². The van der Waals surface area contributed by atoms with Gasteiger partial charge in [0.1, 0.15) is 15.6 Å². The summed E-state index contributed by atoms with van der Waals surface area (Å²) in [4.78, 5) is 17.3. The lowest BCUT2D eigenvalue weighted by Crippen LogP contribution is -2.58. The SMILES string of the molecule is Cn1cc(S(=O)(=O)N(C2COC2)[C@H]2CCC3=Cc4c(cnn4-c4ccc(F)cc4)C[C@]3(C(=O)c3ncc(C(F)(F)F)s3)C2)cn1. The number of thiazole rings is 1. The summed E-state index contributed by atoms with van der Waals surface area (Å²) in [5.74, 6) is -1.01. The molecule has 0 spiro atoms. The molecule has 0 radical (unpaired) electrons. The van der Waals surface area contributed by atoms with Crippen LogP contribution in [0, 0.1) is 11.2 Å². The van der Waals surface area contributed by atoms with Gasteiger partial charge in [0.05, 0.1) is 54.6 Å². The monoisotopic (exact) mass is 662 g/mol. The minimum absolute atomic E-state index is 0.000127. The number of hydrogen-bond donors (Lipinski definition) is 0. The predicted octanol–water partition coefficient (Wildman–Crippen LogP) is 4.67. The molecule has 0 amide bonds. The number of hydrogen-bond acceptors (Lipinski definition) is 8. The normalized spacial score (nSPS) is 22.1. The maximum atomic E-state index is 14.4. The Bertz CT molecular complexity index is 1930. The molecule has 0 bridgehead atoms. The average Bonchev–Trinajstić information content (AvgIpc) is 3.73. The van der Waals surface area contributed by atoms with E-state index in [1.54, 1.807) is 30.1 Å². The first kappa shape index (κ1) is 30.0. The number of aromatic nitrogens is 5. The third kappa shape index (κ3) is 5.03. The van der Waals surface area contributed by atoms with Crippen LogP contribution in [-0.4, -0.2) is 68.3 Å². The van der Waals surface area contributed by atoms with Gasteiger partial charge in [0, 0.05) is 19.3 Å². The van der Waals surface area contributed by atoms with E-state index in [0.717, 1.165) is 0 Å². The van der Waals surface area contributed by atoms with Gasteiger partial charge in [-0.15, -0.1) is 11.3 Å². The van der Waals surface area contributed by atoms with Crippen molar-refractivity contribution in [2.45, 2.75) is 48.8 Å². The highest BCUT2D eigenvalue weighted by Gasteiger charge is 2.54. The molecule has 1 aromatic carbocycles. The largest absolute Gasteiger partial charge is 0.427 e. The van der Waals surface area contributed by atoms with Crippen LogP contribution in [-0.2, 0) is 34.4 Å². The van der Waals surface area contributed by atoms with E-state index in [1.165, 1.54) is 33.5 Å². The number of sulfonamides is 1. The number of ketones is 1. The van der Waals surface area contributed by atoms with Gasteiger partial charge in [-0.05, 0) is 61.6 Å². The van der Waals surface area contributed by atoms with Crippen LogP contribution >= 0.6 is 11.3 Å². The van der Waals surface area contributed by atoms with Gasteiger partial charge in [-0.1, -0.05) is 5.57 Å². The Hall–Kier alpha value is -3.73. The maximum absolute atomic E-state index is 14.4. The molecule has 0 N–H and O–H groups in total. The molecule has 4 aromatic rings. The molecule has 2 aliphatic carbocycles. The van der Waals surface area contributed by atoms with Crippen LogP contribution in [0.4, 0.5) is 17.6 Å². The van der Waals surface area contributed by atoms with Gasteiger partial charge in [0.25, 0.3) is 0 Å². The van der Waals surface area contributed by atoms with Crippen LogP contribution in [0.25, 0.3) is 11.8 Å². The van der Waals surface area contributed by atoms with Crippen LogP contribution < -0.4 is 0 Å². The molecule has 1 saturated heterocycles. The van der Waals surface area contributed by atoms with E-state index < -0.39 is 50.2 Å². The molecule has 2 atom stereocenters. The average molecular weight is 663 g/mol. The number of carbonyl (C=O) groups excluding carboxylic acids is 1. The van der Waals surface area contributed by atoms with E-state index in [2.05, 4.69) is 15.2 Å². The number of halogens is 4. The van der Waals surface area contributed by atoms with Crippen molar-refractivity contribution in [2.24, 2.45) is 12.5 Å². The van der Waals surface area contributed by atoms with Crippen LogP contribution in [0.2, 0.25) is 0 Å². The Morgan fingerprint density at radius 2 is 1.87 bits per heavy atom. The Morgan fingerprint density at radius 1 is 1.11 bits per heavy atom. The molecule has 4 heterocycles. The zero-order valence-corrected chi connectivity index (χ0v) is 25.4. The summed E-state index contributed by atoms with van der Waals surface area (Å²) in [5.41, 5.74) is 1.20. The number of ether oxygens (including phenoxy) is 1. The first-order valence-electron chi connectivity index (χ1n) is 14.1. The van der Waals surface area contributed by atoms with Gasteiger partial charge in [-0.25, -0.2) is 22.5 Å². The third-order valence-corrected chi connectivity index (χ3v) is 11.7. The summed E-state index contributed by atoms with van der Waals surface area (Å²) in [6, 6.07) is 4.61. The number of nitrogens with zero attached hydrogens (tertiary/aromatic N) is 6. The number of fused-ring (bicyclic) bond motifs is 2. The lowest BCUT2D eigenvalue weighted by atomic mass is 9.61. The van der Waals surface area contributed by atoms with Crippen LogP contribution in [0.3, 0.4) is 0 Å². The smallest absolute Gasteiger partial charge is 0.378 e. The number of alkyl halides is 3. The third-order valence-electron chi connectivity index (χ3n) is 8.72. The molecule has 0 unspecified atom stereocenters. The van der Waals surface area contributed by atoms with Crippen molar-refractivity contribution in [3.05, 3.63) is 81.6 Å². The summed E-state index contributed by atoms with van der Waals surface area (Å²) in [6.45, 7) is 0.352. The minimum Gasteiger partial charge on any atom is -0.378 e. The molecule has 3 aromatic heterocycles. The van der Waals surface area contributed by atoms with Gasteiger partial charge in [-0.3, -0.25) is 9.48 Å². The van der Waals surface area contributed by atoms with Crippen molar-refractivity contribution in [1.29, 1.82) is 0 Å².